The molecule has 3 N–H and O–H groups in total. The number of phenolic OH excluding ortho intramolecular Hbond substituents is 1. The third-order valence-electron chi connectivity index (χ3n) is 4.43. The van der Waals surface area contributed by atoms with Crippen molar-refractivity contribution in [2.24, 2.45) is 0 Å². The fourth-order valence-electron chi connectivity index (χ4n) is 2.99. The van der Waals surface area contributed by atoms with Crippen LogP contribution in [0.15, 0.2) is 36.4 Å². The highest BCUT2D eigenvalue weighted by atomic mass is 32.2. The number of hydrogen-bond donors (Lipinski definition) is 3. The van der Waals surface area contributed by atoms with Gasteiger partial charge in [0.1, 0.15) is 0 Å². The van der Waals surface area contributed by atoms with Crippen LogP contribution < -0.4 is 14.8 Å². The zero-order valence-corrected chi connectivity index (χ0v) is 16.0. The van der Waals surface area contributed by atoms with Gasteiger partial charge in [-0.25, -0.2) is 0 Å². The summed E-state index contributed by atoms with van der Waals surface area (Å²) in [5.74, 6) is -0.0916. The second-order valence-electron chi connectivity index (χ2n) is 6.43. The third-order valence-corrected chi connectivity index (χ3v) is 5.88. The summed E-state index contributed by atoms with van der Waals surface area (Å²) in [6.45, 7) is 0. The molecule has 1 amide bonds. The molecule has 3 rings (SSSR count). The molecule has 1 heterocycles. The highest BCUT2D eigenvalue weighted by Crippen LogP contribution is 2.40. The number of rotatable bonds is 5. The monoisotopic (exact) mass is 391 g/mol. The summed E-state index contributed by atoms with van der Waals surface area (Å²) < 4.78 is 32.6. The summed E-state index contributed by atoms with van der Waals surface area (Å²) in [5.41, 5.74) is 2.49. The van der Waals surface area contributed by atoms with E-state index in [4.69, 9.17) is 4.74 Å². The van der Waals surface area contributed by atoms with Crippen LogP contribution in [0.3, 0.4) is 0 Å². The van der Waals surface area contributed by atoms with Crippen molar-refractivity contribution in [3.05, 3.63) is 47.5 Å². The van der Waals surface area contributed by atoms with Crippen LogP contribution in [-0.4, -0.2) is 44.9 Å². The van der Waals surface area contributed by atoms with Crippen molar-refractivity contribution in [3.63, 3.8) is 0 Å². The van der Waals surface area contributed by atoms with Gasteiger partial charge in [0, 0.05) is 32.1 Å². The summed E-state index contributed by atoms with van der Waals surface area (Å²) in [4.78, 5) is 12.2. The molecule has 27 heavy (non-hydrogen) atoms. The van der Waals surface area contributed by atoms with Gasteiger partial charge >= 0.3 is 10.2 Å². The molecule has 2 aromatic rings. The Balaban J connectivity index is 1.98. The fraction of sp³-hybridized carbons (Fsp3) is 0.278. The number of nitrogens with one attached hydrogen (secondary N) is 2. The molecule has 0 saturated heterocycles. The van der Waals surface area contributed by atoms with Gasteiger partial charge in [-0.15, -0.1) is 0 Å². The molecule has 0 radical (unpaired) electrons. The Labute approximate surface area is 157 Å². The van der Waals surface area contributed by atoms with Gasteiger partial charge in [0.2, 0.25) is 5.91 Å². The maximum Gasteiger partial charge on any atom is 0.301 e. The molecule has 0 aromatic heterocycles. The molecule has 8 nitrogen and oxygen atoms in total. The smallest absolute Gasteiger partial charge is 0.301 e. The Bertz CT molecular complexity index is 988. The maximum absolute atomic E-state index is 12.2. The number of phenols is 1. The van der Waals surface area contributed by atoms with E-state index < -0.39 is 10.2 Å². The van der Waals surface area contributed by atoms with Crippen molar-refractivity contribution in [2.75, 3.05) is 31.2 Å². The van der Waals surface area contributed by atoms with E-state index in [9.17, 15) is 18.3 Å². The maximum atomic E-state index is 12.2. The second-order valence-corrected chi connectivity index (χ2v) is 8.31. The molecular weight excluding hydrogens is 370 g/mol. The number of benzene rings is 2. The average molecular weight is 391 g/mol. The molecule has 1 unspecified atom stereocenters. The van der Waals surface area contributed by atoms with Crippen LogP contribution in [0.4, 0.5) is 11.4 Å². The number of hydrogen-bond acceptors (Lipinski definition) is 5. The van der Waals surface area contributed by atoms with Crippen molar-refractivity contribution in [1.82, 2.24) is 4.31 Å². The van der Waals surface area contributed by atoms with Crippen molar-refractivity contribution in [3.8, 4) is 11.5 Å². The van der Waals surface area contributed by atoms with E-state index in [0.29, 0.717) is 17.1 Å². The van der Waals surface area contributed by atoms with Crippen LogP contribution in [-0.2, 0) is 15.0 Å². The molecule has 0 spiro atoms. The molecule has 2 aromatic carbocycles. The van der Waals surface area contributed by atoms with Crippen LogP contribution in [0.5, 0.6) is 11.5 Å². The first-order chi connectivity index (χ1) is 12.7. The summed E-state index contributed by atoms with van der Waals surface area (Å²) in [5, 5.41) is 12.8. The Kier molecular flexibility index (Phi) is 4.99. The van der Waals surface area contributed by atoms with Gasteiger partial charge in [-0.3, -0.25) is 9.52 Å². The Morgan fingerprint density at radius 1 is 1.22 bits per heavy atom. The van der Waals surface area contributed by atoms with Gasteiger partial charge in [-0.05, 0) is 35.4 Å². The minimum atomic E-state index is -3.65. The summed E-state index contributed by atoms with van der Waals surface area (Å²) in [6.07, 6.45) is 0.224. The number of carbonyl (C=O) groups is 1. The largest absolute Gasteiger partial charge is 0.504 e. The number of ether oxygens (including phenoxy) is 1. The first-order valence-corrected chi connectivity index (χ1v) is 9.66. The topological polar surface area (TPSA) is 108 Å². The van der Waals surface area contributed by atoms with Crippen LogP contribution in [0.25, 0.3) is 0 Å². The molecule has 0 saturated carbocycles. The third kappa shape index (κ3) is 3.83. The molecule has 1 aliphatic rings. The van der Waals surface area contributed by atoms with Crippen LogP contribution >= 0.6 is 0 Å². The number of anilines is 2. The number of methoxy groups -OCH3 is 1. The minimum absolute atomic E-state index is 0.00195. The zero-order chi connectivity index (χ0) is 19.8. The predicted molar refractivity (Wildman–Crippen MR) is 102 cm³/mol. The van der Waals surface area contributed by atoms with E-state index in [1.54, 1.807) is 36.4 Å². The van der Waals surface area contributed by atoms with Gasteiger partial charge < -0.3 is 15.2 Å². The van der Waals surface area contributed by atoms with Gasteiger partial charge in [-0.2, -0.15) is 12.7 Å². The number of aromatic hydroxyl groups is 1. The predicted octanol–water partition coefficient (Wildman–Crippen LogP) is 2.09. The van der Waals surface area contributed by atoms with E-state index in [-0.39, 0.29) is 24.0 Å². The van der Waals surface area contributed by atoms with Crippen molar-refractivity contribution in [1.29, 1.82) is 0 Å². The molecule has 144 valence electrons. The van der Waals surface area contributed by atoms with Gasteiger partial charge in [0.15, 0.2) is 11.5 Å². The van der Waals surface area contributed by atoms with Crippen molar-refractivity contribution < 1.29 is 23.1 Å². The number of amides is 1. The second kappa shape index (κ2) is 7.09. The standard InChI is InChI=1S/C18H21N3O5S/c1-21(2)27(24,25)20-12-5-6-13-14(10-18(23)19-15(13)9-12)11-4-7-17(26-3)16(22)8-11/h4-9,14,20,22H,10H2,1-3H3,(H,19,23). The lowest BCUT2D eigenvalue weighted by atomic mass is 9.84. The summed E-state index contributed by atoms with van der Waals surface area (Å²) in [7, 11) is 0.671. The average Bonchev–Trinajstić information content (AvgIpc) is 2.60. The van der Waals surface area contributed by atoms with Crippen LogP contribution in [0.1, 0.15) is 23.5 Å². The zero-order valence-electron chi connectivity index (χ0n) is 15.2. The molecular formula is C18H21N3O5S. The molecule has 0 bridgehead atoms. The lowest BCUT2D eigenvalue weighted by Gasteiger charge is -2.27. The summed E-state index contributed by atoms with van der Waals surface area (Å²) in [6, 6.07) is 10.0. The fourth-order valence-corrected chi connectivity index (χ4v) is 3.60. The highest BCUT2D eigenvalue weighted by molar-refractivity contribution is 7.90. The lowest BCUT2D eigenvalue weighted by molar-refractivity contribution is -0.116. The van der Waals surface area contributed by atoms with E-state index in [1.165, 1.54) is 21.2 Å². The van der Waals surface area contributed by atoms with E-state index in [1.807, 2.05) is 0 Å². The first kappa shape index (κ1) is 19.0. The van der Waals surface area contributed by atoms with E-state index in [0.717, 1.165) is 15.4 Å². The molecule has 0 aliphatic carbocycles. The summed E-state index contributed by atoms with van der Waals surface area (Å²) >= 11 is 0. The normalized spacial score (nSPS) is 16.6. The lowest BCUT2D eigenvalue weighted by Crippen LogP contribution is -2.29. The minimum Gasteiger partial charge on any atom is -0.504 e. The Hall–Kier alpha value is -2.78. The number of carbonyl (C=O) groups excluding carboxylic acids is 1. The first-order valence-electron chi connectivity index (χ1n) is 8.22. The molecule has 0 fully saturated rings. The van der Waals surface area contributed by atoms with Crippen LogP contribution in [0, 0.1) is 0 Å². The molecule has 1 aliphatic heterocycles. The molecule has 1 atom stereocenters. The quantitative estimate of drug-likeness (QED) is 0.723. The Morgan fingerprint density at radius 2 is 1.96 bits per heavy atom. The SMILES string of the molecule is COc1ccc(C2CC(=O)Nc3cc(NS(=O)(=O)N(C)C)ccc32)cc1O. The van der Waals surface area contributed by atoms with Gasteiger partial charge in [0.05, 0.1) is 12.8 Å². The van der Waals surface area contributed by atoms with Crippen molar-refractivity contribution in [2.45, 2.75) is 12.3 Å². The van der Waals surface area contributed by atoms with Gasteiger partial charge in [0.25, 0.3) is 0 Å². The van der Waals surface area contributed by atoms with Gasteiger partial charge in [-0.1, -0.05) is 12.1 Å². The van der Waals surface area contributed by atoms with Crippen LogP contribution in [0.2, 0.25) is 0 Å². The Morgan fingerprint density at radius 3 is 2.59 bits per heavy atom. The number of fused-ring (bicyclic) bond motifs is 1. The van der Waals surface area contributed by atoms with E-state index >= 15 is 0 Å². The van der Waals surface area contributed by atoms with Crippen molar-refractivity contribution >= 4 is 27.5 Å². The molecule has 9 heteroatoms. The highest BCUT2D eigenvalue weighted by Gasteiger charge is 2.28. The van der Waals surface area contributed by atoms with E-state index in [2.05, 4.69) is 10.0 Å². The number of nitrogens with zero attached hydrogens (tertiary/aromatic N) is 1.